The highest BCUT2D eigenvalue weighted by atomic mass is 79.9. The maximum absolute atomic E-state index is 11.7. The minimum atomic E-state index is -0.631. The maximum Gasteiger partial charge on any atom is 0.344 e. The lowest BCUT2D eigenvalue weighted by Gasteiger charge is -2.08. The zero-order valence-electron chi connectivity index (χ0n) is 13.6. The van der Waals surface area contributed by atoms with Gasteiger partial charge >= 0.3 is 5.97 Å². The molecule has 0 aliphatic heterocycles. The highest BCUT2D eigenvalue weighted by molar-refractivity contribution is 9.10. The third kappa shape index (κ3) is 4.34. The number of aromatic nitrogens is 2. The number of aliphatic hydroxyl groups excluding tert-OH is 1. The molecule has 0 spiro atoms. The molecule has 4 N–H and O–H groups in total. The maximum atomic E-state index is 11.7. The Bertz CT molecular complexity index is 935. The fourth-order valence-electron chi connectivity index (χ4n) is 2.18. The highest BCUT2D eigenvalue weighted by Crippen LogP contribution is 2.18. The third-order valence-corrected chi connectivity index (χ3v) is 3.97. The Morgan fingerprint density at radius 2 is 2.00 bits per heavy atom. The van der Waals surface area contributed by atoms with E-state index >= 15 is 0 Å². The first-order valence-corrected chi connectivity index (χ1v) is 8.49. The molecule has 0 unspecified atom stereocenters. The Morgan fingerprint density at radius 1 is 1.19 bits per heavy atom. The van der Waals surface area contributed by atoms with Crippen molar-refractivity contribution in [3.8, 4) is 5.75 Å². The van der Waals surface area contributed by atoms with Gasteiger partial charge in [-0.05, 0) is 30.3 Å². The Kier molecular flexibility index (Phi) is 5.43. The molecule has 7 nitrogen and oxygen atoms in total. The van der Waals surface area contributed by atoms with Crippen LogP contribution in [-0.2, 0) is 9.53 Å². The Hall–Kier alpha value is -3.00. The molecular formula is C18H16BrN3O4. The zero-order chi connectivity index (χ0) is 18.5. The summed E-state index contributed by atoms with van der Waals surface area (Å²) in [6.45, 7) is -0.655. The number of para-hydroxylation sites is 2. The number of H-pyrrole nitrogens is 1. The van der Waals surface area contributed by atoms with Gasteiger partial charge in [0.25, 0.3) is 0 Å². The molecule has 0 atom stereocenters. The molecule has 0 saturated carbocycles. The number of nitrogens with zero attached hydrogens (tertiary/aromatic N) is 1. The van der Waals surface area contributed by atoms with Crippen LogP contribution in [0.1, 0.15) is 5.82 Å². The Morgan fingerprint density at radius 3 is 2.77 bits per heavy atom. The van der Waals surface area contributed by atoms with Gasteiger partial charge in [-0.1, -0.05) is 34.1 Å². The molecule has 2 aromatic carbocycles. The van der Waals surface area contributed by atoms with E-state index in [-0.39, 0.29) is 24.7 Å². The van der Waals surface area contributed by atoms with Crippen LogP contribution >= 0.6 is 15.9 Å². The van der Waals surface area contributed by atoms with Gasteiger partial charge in [-0.25, -0.2) is 9.78 Å². The van der Waals surface area contributed by atoms with Gasteiger partial charge in [0.2, 0.25) is 0 Å². The average Bonchev–Trinajstić information content (AvgIpc) is 3.08. The Balaban J connectivity index is 1.57. The first kappa shape index (κ1) is 17.8. The summed E-state index contributed by atoms with van der Waals surface area (Å²) in [6.07, 6.45) is 0. The van der Waals surface area contributed by atoms with E-state index in [4.69, 9.17) is 15.2 Å². The number of halogens is 1. The normalized spacial score (nSPS) is 11.9. The van der Waals surface area contributed by atoms with Crippen molar-refractivity contribution in [1.82, 2.24) is 9.97 Å². The van der Waals surface area contributed by atoms with E-state index in [1.165, 1.54) is 0 Å². The number of nitrogens with two attached hydrogens (primary N) is 1. The number of aliphatic hydroxyl groups is 1. The number of benzene rings is 2. The number of aromatic amines is 1. The van der Waals surface area contributed by atoms with Crippen LogP contribution in [0.3, 0.4) is 0 Å². The van der Waals surface area contributed by atoms with Crippen molar-refractivity contribution in [2.45, 2.75) is 0 Å². The molecule has 8 heteroatoms. The highest BCUT2D eigenvalue weighted by Gasteiger charge is 2.12. The smallest absolute Gasteiger partial charge is 0.344 e. The fourth-order valence-corrected chi connectivity index (χ4v) is 2.56. The number of carbonyl (C=O) groups excluding carboxylic acids is 1. The standard InChI is InChI=1S/C18H16BrN3O4/c19-11-4-3-5-12(8-11)25-10-16(24)26-9-15(23)17(20)18-21-13-6-1-2-7-14(13)22-18/h1-8,23H,9-10,20H2,(H,21,22). The van der Waals surface area contributed by atoms with E-state index < -0.39 is 5.97 Å². The number of imidazole rings is 1. The first-order chi connectivity index (χ1) is 12.5. The van der Waals surface area contributed by atoms with Crippen LogP contribution in [0.4, 0.5) is 0 Å². The number of hydrogen-bond donors (Lipinski definition) is 3. The van der Waals surface area contributed by atoms with Crippen molar-refractivity contribution in [3.63, 3.8) is 0 Å². The summed E-state index contributed by atoms with van der Waals surface area (Å²) in [7, 11) is 0. The first-order valence-electron chi connectivity index (χ1n) is 7.69. The van der Waals surface area contributed by atoms with Crippen molar-refractivity contribution >= 4 is 38.6 Å². The SMILES string of the molecule is NC(=C(O)COC(=O)COc1cccc(Br)c1)c1nc2ccccc2[nH]1. The molecule has 0 amide bonds. The minimum Gasteiger partial charge on any atom is -0.507 e. The monoisotopic (exact) mass is 417 g/mol. The van der Waals surface area contributed by atoms with Crippen LogP contribution in [-0.4, -0.2) is 34.3 Å². The largest absolute Gasteiger partial charge is 0.507 e. The van der Waals surface area contributed by atoms with E-state index in [0.717, 1.165) is 15.5 Å². The van der Waals surface area contributed by atoms with Crippen molar-refractivity contribution in [3.05, 3.63) is 64.6 Å². The quantitative estimate of drug-likeness (QED) is 0.419. The molecule has 26 heavy (non-hydrogen) atoms. The second-order valence-corrected chi connectivity index (χ2v) is 6.29. The minimum absolute atomic E-state index is 0.0157. The van der Waals surface area contributed by atoms with Crippen molar-refractivity contribution in [2.75, 3.05) is 13.2 Å². The van der Waals surface area contributed by atoms with E-state index in [9.17, 15) is 9.90 Å². The van der Waals surface area contributed by atoms with E-state index in [1.54, 1.807) is 18.2 Å². The molecule has 0 fully saturated rings. The number of carbonyl (C=O) groups is 1. The van der Waals surface area contributed by atoms with Crippen LogP contribution in [0.25, 0.3) is 16.7 Å². The summed E-state index contributed by atoms with van der Waals surface area (Å²) in [5, 5.41) is 10.0. The summed E-state index contributed by atoms with van der Waals surface area (Å²) in [5.74, 6) is -0.0863. The van der Waals surface area contributed by atoms with Gasteiger partial charge in [-0.15, -0.1) is 0 Å². The molecule has 0 aliphatic carbocycles. The summed E-state index contributed by atoms with van der Waals surface area (Å²) < 4.78 is 11.1. The molecule has 0 radical (unpaired) electrons. The van der Waals surface area contributed by atoms with Gasteiger partial charge in [0, 0.05) is 4.47 Å². The summed E-state index contributed by atoms with van der Waals surface area (Å²) >= 11 is 3.31. The lowest BCUT2D eigenvalue weighted by atomic mass is 10.3. The number of hydrogen-bond acceptors (Lipinski definition) is 6. The van der Waals surface area contributed by atoms with Crippen LogP contribution in [0.5, 0.6) is 5.75 Å². The van der Waals surface area contributed by atoms with E-state index in [1.807, 2.05) is 30.3 Å². The number of ether oxygens (including phenoxy) is 2. The number of nitrogens with one attached hydrogen (secondary N) is 1. The molecule has 0 saturated heterocycles. The molecule has 3 aromatic rings. The van der Waals surface area contributed by atoms with Gasteiger partial charge in [-0.3, -0.25) is 0 Å². The van der Waals surface area contributed by atoms with Gasteiger partial charge < -0.3 is 25.3 Å². The molecule has 134 valence electrons. The molecule has 0 bridgehead atoms. The number of esters is 1. The van der Waals surface area contributed by atoms with Gasteiger partial charge in [0.05, 0.1) is 11.0 Å². The molecule has 1 heterocycles. The summed E-state index contributed by atoms with van der Waals surface area (Å²) in [5.41, 5.74) is 7.40. The lowest BCUT2D eigenvalue weighted by molar-refractivity contribution is -0.145. The molecule has 1 aromatic heterocycles. The summed E-state index contributed by atoms with van der Waals surface area (Å²) in [6, 6.07) is 14.4. The average molecular weight is 418 g/mol. The predicted molar refractivity (Wildman–Crippen MR) is 100 cm³/mol. The van der Waals surface area contributed by atoms with E-state index in [0.29, 0.717) is 11.6 Å². The van der Waals surface area contributed by atoms with Crippen LogP contribution in [0, 0.1) is 0 Å². The molecule has 0 aliphatic rings. The third-order valence-electron chi connectivity index (χ3n) is 3.48. The zero-order valence-corrected chi connectivity index (χ0v) is 15.2. The predicted octanol–water partition coefficient (Wildman–Crippen LogP) is 3.13. The lowest BCUT2D eigenvalue weighted by Crippen LogP contribution is -2.17. The second-order valence-electron chi connectivity index (χ2n) is 5.37. The topological polar surface area (TPSA) is 110 Å². The fraction of sp³-hybridized carbons (Fsp3) is 0.111. The molecule has 3 rings (SSSR count). The second kappa shape index (κ2) is 7.92. The van der Waals surface area contributed by atoms with E-state index in [2.05, 4.69) is 25.9 Å². The van der Waals surface area contributed by atoms with Crippen LogP contribution in [0.2, 0.25) is 0 Å². The van der Waals surface area contributed by atoms with Gasteiger partial charge in [0.1, 0.15) is 11.4 Å². The van der Waals surface area contributed by atoms with Crippen molar-refractivity contribution < 1.29 is 19.4 Å². The summed E-state index contributed by atoms with van der Waals surface area (Å²) in [4.78, 5) is 19.0. The van der Waals surface area contributed by atoms with Gasteiger partial charge in [-0.2, -0.15) is 0 Å². The van der Waals surface area contributed by atoms with Crippen molar-refractivity contribution in [2.24, 2.45) is 5.73 Å². The van der Waals surface area contributed by atoms with Gasteiger partial charge in [0.15, 0.2) is 24.8 Å². The number of rotatable bonds is 6. The van der Waals surface area contributed by atoms with Crippen molar-refractivity contribution in [1.29, 1.82) is 0 Å². The Labute approximate surface area is 157 Å². The van der Waals surface area contributed by atoms with Crippen LogP contribution < -0.4 is 10.5 Å². The molecular weight excluding hydrogens is 402 g/mol. The number of fused-ring (bicyclic) bond motifs is 1. The van der Waals surface area contributed by atoms with Crippen LogP contribution in [0.15, 0.2) is 58.8 Å².